The van der Waals surface area contributed by atoms with Gasteiger partial charge in [-0.15, -0.1) is 11.3 Å². The summed E-state index contributed by atoms with van der Waals surface area (Å²) in [4.78, 5) is 5.16. The maximum atomic E-state index is 6.74. The molecule has 4 heteroatoms. The third-order valence-electron chi connectivity index (χ3n) is 14.8. The van der Waals surface area contributed by atoms with Gasteiger partial charge in [0.1, 0.15) is 11.5 Å². The van der Waals surface area contributed by atoms with Gasteiger partial charge in [-0.25, -0.2) is 0 Å². The summed E-state index contributed by atoms with van der Waals surface area (Å²) in [5.41, 5.74) is 17.5. The van der Waals surface area contributed by atoms with Gasteiger partial charge < -0.3 is 9.64 Å². The van der Waals surface area contributed by atoms with Crippen molar-refractivity contribution in [1.82, 2.24) is 0 Å². The highest BCUT2D eigenvalue weighted by Crippen LogP contribution is 2.66. The van der Waals surface area contributed by atoms with Crippen molar-refractivity contribution in [2.24, 2.45) is 0 Å². The topological polar surface area (TPSA) is 12.5 Å². The van der Waals surface area contributed by atoms with Crippen molar-refractivity contribution >= 4 is 60.3 Å². The van der Waals surface area contributed by atoms with Gasteiger partial charge in [-0.3, -0.25) is 0 Å². The van der Waals surface area contributed by atoms with Crippen LogP contribution in [0.15, 0.2) is 234 Å². The molecule has 0 saturated heterocycles. The van der Waals surface area contributed by atoms with Gasteiger partial charge in [0, 0.05) is 58.0 Å². The minimum Gasteiger partial charge on any atom is -0.457 e. The van der Waals surface area contributed by atoms with E-state index in [0.717, 1.165) is 39.7 Å². The van der Waals surface area contributed by atoms with E-state index in [9.17, 15) is 0 Å². The lowest BCUT2D eigenvalue weighted by Crippen LogP contribution is -2.32. The zero-order valence-electron chi connectivity index (χ0n) is 35.5. The van der Waals surface area contributed by atoms with Crippen molar-refractivity contribution in [3.63, 3.8) is 0 Å². The predicted molar refractivity (Wildman–Crippen MR) is 273 cm³/mol. The molecule has 10 aromatic carbocycles. The number of anilines is 3. The number of thiophene rings is 1. The zero-order valence-corrected chi connectivity index (χ0v) is 37.2. The van der Waals surface area contributed by atoms with Crippen LogP contribution in [0, 0.1) is 0 Å². The molecule has 2 spiro atoms. The molecule has 15 rings (SSSR count). The van der Waals surface area contributed by atoms with Crippen LogP contribution in [0.3, 0.4) is 0 Å². The molecule has 0 bridgehead atoms. The van der Waals surface area contributed by atoms with Crippen LogP contribution in [-0.2, 0) is 10.8 Å². The molecule has 0 unspecified atom stereocenters. The molecule has 0 radical (unpaired) electrons. The number of ether oxygens (including phenoxy) is 1. The number of nitrogens with zero attached hydrogens (tertiary/aromatic N) is 1. The quantitative estimate of drug-likeness (QED) is 0.175. The van der Waals surface area contributed by atoms with E-state index in [4.69, 9.17) is 4.74 Å². The Kier molecular flexibility index (Phi) is 7.48. The molecule has 1 aromatic heterocycles. The van der Waals surface area contributed by atoms with Gasteiger partial charge in [0.05, 0.1) is 16.5 Å². The standard InChI is InChI=1S/C62H37NOS2/c1-4-19-45-40(16-1)41-34-32-39(37-52(41)62(45)49-23-8-13-30-58(49)66-59-31-14-9-24-50(59)62)63(38-33-35-57-44(36-38)42-17-3-12-29-56(42)65-57)53-26-15-25-51-60(53)43-18-2-5-20-46(43)61(51)47-21-6-10-27-54(47)64-55-28-11-7-22-48(55)61/h1-37H. The van der Waals surface area contributed by atoms with E-state index in [1.165, 1.54) is 85.6 Å². The van der Waals surface area contributed by atoms with Gasteiger partial charge in [0.25, 0.3) is 0 Å². The number of para-hydroxylation sites is 2. The van der Waals surface area contributed by atoms with Crippen LogP contribution in [0.5, 0.6) is 11.5 Å². The molecule has 0 fully saturated rings. The first-order chi connectivity index (χ1) is 32.7. The Morgan fingerprint density at radius 1 is 0.348 bits per heavy atom. The highest BCUT2D eigenvalue weighted by molar-refractivity contribution is 7.99. The van der Waals surface area contributed by atoms with Crippen molar-refractivity contribution in [2.75, 3.05) is 4.90 Å². The maximum Gasteiger partial charge on any atom is 0.132 e. The third kappa shape index (κ3) is 4.62. The summed E-state index contributed by atoms with van der Waals surface area (Å²) >= 11 is 3.75. The zero-order chi connectivity index (χ0) is 43.1. The fourth-order valence-electron chi connectivity index (χ4n) is 12.3. The lowest BCUT2D eigenvalue weighted by Gasteiger charge is -2.40. The molecular weight excluding hydrogens is 839 g/mol. The van der Waals surface area contributed by atoms with Crippen LogP contribution in [-0.4, -0.2) is 0 Å². The van der Waals surface area contributed by atoms with E-state index in [-0.39, 0.29) is 0 Å². The molecule has 0 amide bonds. The fraction of sp³-hybridized carbons (Fsp3) is 0.0323. The molecule has 308 valence electrons. The normalized spacial score (nSPS) is 14.7. The predicted octanol–water partition coefficient (Wildman–Crippen LogP) is 16.8. The average Bonchev–Trinajstić information content (AvgIpc) is 4.00. The Morgan fingerprint density at radius 2 is 0.864 bits per heavy atom. The summed E-state index contributed by atoms with van der Waals surface area (Å²) in [7, 11) is 0. The number of hydrogen-bond donors (Lipinski definition) is 0. The second-order valence-corrected chi connectivity index (χ2v) is 20.0. The van der Waals surface area contributed by atoms with E-state index < -0.39 is 10.8 Å². The second-order valence-electron chi connectivity index (χ2n) is 17.8. The van der Waals surface area contributed by atoms with Crippen LogP contribution in [0.1, 0.15) is 44.5 Å². The monoisotopic (exact) mass is 875 g/mol. The molecule has 2 aliphatic carbocycles. The first-order valence-corrected chi connectivity index (χ1v) is 24.3. The van der Waals surface area contributed by atoms with E-state index in [2.05, 4.69) is 229 Å². The molecule has 2 aliphatic heterocycles. The van der Waals surface area contributed by atoms with Gasteiger partial charge in [0.15, 0.2) is 0 Å². The molecule has 2 nitrogen and oxygen atoms in total. The van der Waals surface area contributed by atoms with E-state index in [1.54, 1.807) is 0 Å². The summed E-state index contributed by atoms with van der Waals surface area (Å²) in [6, 6.07) is 83.9. The van der Waals surface area contributed by atoms with E-state index in [0.29, 0.717) is 0 Å². The lowest BCUT2D eigenvalue weighted by atomic mass is 9.66. The summed E-state index contributed by atoms with van der Waals surface area (Å²) in [5, 5.41) is 2.56. The van der Waals surface area contributed by atoms with Gasteiger partial charge in [0.2, 0.25) is 0 Å². The van der Waals surface area contributed by atoms with Crippen LogP contribution in [0.4, 0.5) is 17.1 Å². The van der Waals surface area contributed by atoms with Crippen molar-refractivity contribution < 1.29 is 4.74 Å². The molecule has 4 aliphatic rings. The fourth-order valence-corrected chi connectivity index (χ4v) is 14.6. The van der Waals surface area contributed by atoms with E-state index >= 15 is 0 Å². The molecular formula is C62H37NOS2. The molecule has 3 heterocycles. The molecule has 0 atom stereocenters. The van der Waals surface area contributed by atoms with Crippen molar-refractivity contribution in [3.8, 4) is 33.8 Å². The first kappa shape index (κ1) is 36.7. The SMILES string of the molecule is c1ccc2c(c1)Oc1ccccc1C21c2ccccc2-c2c(N(c3ccc4c(c3)C3(c5ccccc5Sc5ccccc53)c3ccccc3-4)c3ccc4sc5ccccc5c4c3)cccc21. The van der Waals surface area contributed by atoms with Crippen LogP contribution in [0.25, 0.3) is 42.4 Å². The first-order valence-electron chi connectivity index (χ1n) is 22.7. The van der Waals surface area contributed by atoms with Crippen LogP contribution < -0.4 is 9.64 Å². The van der Waals surface area contributed by atoms with Crippen molar-refractivity contribution in [3.05, 3.63) is 269 Å². The number of hydrogen-bond acceptors (Lipinski definition) is 4. The van der Waals surface area contributed by atoms with Crippen LogP contribution >= 0.6 is 23.1 Å². The molecule has 11 aromatic rings. The minimum atomic E-state index is -0.594. The highest BCUT2D eigenvalue weighted by atomic mass is 32.2. The highest BCUT2D eigenvalue weighted by Gasteiger charge is 2.53. The molecule has 66 heavy (non-hydrogen) atoms. The van der Waals surface area contributed by atoms with E-state index in [1.807, 2.05) is 23.1 Å². The number of rotatable bonds is 3. The number of fused-ring (bicyclic) bond motifs is 21. The third-order valence-corrected chi connectivity index (χ3v) is 17.1. The Labute approximate surface area is 391 Å². The Hall–Kier alpha value is -7.63. The van der Waals surface area contributed by atoms with Gasteiger partial charge >= 0.3 is 0 Å². The Bertz CT molecular complexity index is 3790. The minimum absolute atomic E-state index is 0.510. The summed E-state index contributed by atoms with van der Waals surface area (Å²) in [6.07, 6.45) is 0. The summed E-state index contributed by atoms with van der Waals surface area (Å²) in [5.74, 6) is 1.79. The van der Waals surface area contributed by atoms with Crippen molar-refractivity contribution in [2.45, 2.75) is 20.6 Å². The van der Waals surface area contributed by atoms with Gasteiger partial charge in [-0.05, 0) is 117 Å². The largest absolute Gasteiger partial charge is 0.457 e. The Balaban J connectivity index is 1.05. The second kappa shape index (κ2) is 13.5. The van der Waals surface area contributed by atoms with Gasteiger partial charge in [-0.2, -0.15) is 0 Å². The summed E-state index contributed by atoms with van der Waals surface area (Å²) in [6.45, 7) is 0. The van der Waals surface area contributed by atoms with Crippen molar-refractivity contribution in [1.29, 1.82) is 0 Å². The lowest BCUT2D eigenvalue weighted by molar-refractivity contribution is 0.436. The van der Waals surface area contributed by atoms with Crippen LogP contribution in [0.2, 0.25) is 0 Å². The Morgan fingerprint density at radius 3 is 1.61 bits per heavy atom. The maximum absolute atomic E-state index is 6.74. The van der Waals surface area contributed by atoms with Gasteiger partial charge in [-0.1, -0.05) is 169 Å². The molecule has 0 N–H and O–H groups in total. The average molecular weight is 876 g/mol. The summed E-state index contributed by atoms with van der Waals surface area (Å²) < 4.78 is 9.33. The number of benzene rings is 10. The molecule has 0 saturated carbocycles. The smallest absolute Gasteiger partial charge is 0.132 e.